The van der Waals surface area contributed by atoms with E-state index < -0.39 is 5.97 Å². The average molecular weight is 365 g/mol. The van der Waals surface area contributed by atoms with Crippen LogP contribution in [0.25, 0.3) is 0 Å². The van der Waals surface area contributed by atoms with Crippen molar-refractivity contribution in [1.82, 2.24) is 5.32 Å². The maximum absolute atomic E-state index is 10.2. The van der Waals surface area contributed by atoms with Crippen molar-refractivity contribution < 1.29 is 15.2 Å². The van der Waals surface area contributed by atoms with E-state index in [2.05, 4.69) is 54.0 Å². The molecule has 4 heteroatoms. The van der Waals surface area contributed by atoms with Crippen molar-refractivity contribution in [2.75, 3.05) is 26.2 Å². The molecule has 0 aromatic heterocycles. The number of quaternary nitrogens is 1. The summed E-state index contributed by atoms with van der Waals surface area (Å²) in [6.45, 7) is 7.06. The molecule has 0 radical (unpaired) electrons. The van der Waals surface area contributed by atoms with Gasteiger partial charge in [-0.05, 0) is 44.9 Å². The van der Waals surface area contributed by atoms with Crippen molar-refractivity contribution in [1.29, 1.82) is 0 Å². The van der Waals surface area contributed by atoms with Gasteiger partial charge in [0.15, 0.2) is 0 Å². The summed E-state index contributed by atoms with van der Waals surface area (Å²) in [4.78, 5) is 10.2. The van der Waals surface area contributed by atoms with E-state index in [9.17, 15) is 9.90 Å². The normalized spacial score (nSPS) is 14.8. The van der Waals surface area contributed by atoms with Gasteiger partial charge in [0.2, 0.25) is 0 Å². The van der Waals surface area contributed by atoms with Crippen LogP contribution in [-0.4, -0.2) is 32.1 Å². The second kappa shape index (κ2) is 21.7. The average Bonchev–Trinajstić information content (AvgIpc) is 2.66. The molecule has 1 rings (SSSR count). The lowest BCUT2D eigenvalue weighted by atomic mass is 10.1. The van der Waals surface area contributed by atoms with Crippen molar-refractivity contribution in [2.24, 2.45) is 0 Å². The fourth-order valence-corrected chi connectivity index (χ4v) is 2.57. The zero-order valence-electron chi connectivity index (χ0n) is 16.8. The number of unbranched alkanes of at least 4 members (excludes halogenated alkanes) is 5. The topological polar surface area (TPSA) is 68.8 Å². The Balaban J connectivity index is 0.000000867. The van der Waals surface area contributed by atoms with Crippen LogP contribution >= 0.6 is 0 Å². The third-order valence-corrected chi connectivity index (χ3v) is 4.08. The molecule has 0 bridgehead atoms. The molecule has 0 atom stereocenters. The minimum absolute atomic E-state index is 0.208. The molecule has 1 fully saturated rings. The van der Waals surface area contributed by atoms with Crippen LogP contribution in [0.5, 0.6) is 0 Å². The Morgan fingerprint density at radius 1 is 0.885 bits per heavy atom. The van der Waals surface area contributed by atoms with Gasteiger partial charge < -0.3 is 20.5 Å². The van der Waals surface area contributed by atoms with Gasteiger partial charge in [0.05, 0.1) is 13.1 Å². The lowest BCUT2D eigenvalue weighted by Gasteiger charge is -2.07. The smallest absolute Gasteiger partial charge is 0.0882 e. The van der Waals surface area contributed by atoms with Gasteiger partial charge in [-0.25, -0.2) is 0 Å². The molecule has 0 aromatic carbocycles. The molecule has 0 amide bonds. The van der Waals surface area contributed by atoms with E-state index in [-0.39, 0.29) is 6.42 Å². The van der Waals surface area contributed by atoms with E-state index in [0.717, 1.165) is 44.9 Å². The van der Waals surface area contributed by atoms with Gasteiger partial charge in [0.1, 0.15) is 0 Å². The highest BCUT2D eigenvalue weighted by Crippen LogP contribution is 2.07. The molecule has 1 saturated heterocycles. The minimum atomic E-state index is -0.925. The SMILES string of the molecule is C1C[NH2+]CCN1.CC/C=C\C/C=C\C/C=C\CCCCCCCC(=O)[O-]. The van der Waals surface area contributed by atoms with Crippen LogP contribution in [0.2, 0.25) is 0 Å². The van der Waals surface area contributed by atoms with Crippen LogP contribution < -0.4 is 15.7 Å². The molecule has 0 aliphatic carbocycles. The molecule has 0 saturated carbocycles. The molecule has 0 spiro atoms. The zero-order chi connectivity index (χ0) is 19.1. The maximum atomic E-state index is 10.2. The summed E-state index contributed by atoms with van der Waals surface area (Å²) in [6, 6.07) is 0. The number of carboxylic acids is 1. The van der Waals surface area contributed by atoms with E-state index in [1.165, 1.54) is 39.0 Å². The number of piperazine rings is 1. The third kappa shape index (κ3) is 22.6. The first-order valence-electron chi connectivity index (χ1n) is 10.4. The zero-order valence-corrected chi connectivity index (χ0v) is 16.8. The van der Waals surface area contributed by atoms with Crippen molar-refractivity contribution in [3.05, 3.63) is 36.5 Å². The Bertz CT molecular complexity index is 374. The van der Waals surface area contributed by atoms with Crippen molar-refractivity contribution in [3.63, 3.8) is 0 Å². The van der Waals surface area contributed by atoms with E-state index in [0.29, 0.717) is 0 Å². The molecular weight excluding hydrogens is 324 g/mol. The Morgan fingerprint density at radius 2 is 1.46 bits per heavy atom. The summed E-state index contributed by atoms with van der Waals surface area (Å²) in [6.07, 6.45) is 23.0. The Hall–Kier alpha value is -1.39. The van der Waals surface area contributed by atoms with Gasteiger partial charge in [-0.3, -0.25) is 0 Å². The van der Waals surface area contributed by atoms with Crippen LogP contribution in [0.1, 0.15) is 71.1 Å². The predicted molar refractivity (Wildman–Crippen MR) is 109 cm³/mol. The standard InChI is InChI=1S/C18H30O2.C4H10N2/c1-2-3-4-5-6-7-8-9-10-11-12-13-14-15-16-17-18(19)20;1-2-6-4-3-5-1/h3-4,6-7,9-10H,2,5,8,11-17H2,1H3,(H,19,20);5-6H,1-4H2/b4-3-,7-6-,10-9-;. The highest BCUT2D eigenvalue weighted by atomic mass is 16.4. The maximum Gasteiger partial charge on any atom is 0.0882 e. The quantitative estimate of drug-likeness (QED) is 0.390. The van der Waals surface area contributed by atoms with Gasteiger partial charge in [-0.1, -0.05) is 62.6 Å². The van der Waals surface area contributed by atoms with E-state index in [4.69, 9.17) is 0 Å². The highest BCUT2D eigenvalue weighted by molar-refractivity contribution is 5.63. The molecule has 0 aromatic rings. The van der Waals surface area contributed by atoms with Crippen molar-refractivity contribution in [2.45, 2.75) is 71.1 Å². The van der Waals surface area contributed by atoms with E-state index >= 15 is 0 Å². The second-order valence-electron chi connectivity index (χ2n) is 6.59. The van der Waals surface area contributed by atoms with Gasteiger partial charge >= 0.3 is 0 Å². The predicted octanol–water partition coefficient (Wildman–Crippen LogP) is 2.48. The van der Waals surface area contributed by atoms with Crippen molar-refractivity contribution >= 4 is 5.97 Å². The number of allylic oxidation sites excluding steroid dienone is 6. The molecule has 0 unspecified atom stereocenters. The van der Waals surface area contributed by atoms with Gasteiger partial charge in [0, 0.05) is 19.1 Å². The summed E-state index contributed by atoms with van der Waals surface area (Å²) >= 11 is 0. The number of rotatable bonds is 13. The number of aliphatic carboxylic acids is 1. The number of carboxylic acid groups (broad SMARTS) is 1. The highest BCUT2D eigenvalue weighted by Gasteiger charge is 1.95. The van der Waals surface area contributed by atoms with Crippen LogP contribution in [0.3, 0.4) is 0 Å². The van der Waals surface area contributed by atoms with Crippen LogP contribution in [0.4, 0.5) is 0 Å². The summed E-state index contributed by atoms with van der Waals surface area (Å²) in [5.41, 5.74) is 0. The molecule has 1 aliphatic heterocycles. The Morgan fingerprint density at radius 3 is 2.00 bits per heavy atom. The summed E-state index contributed by atoms with van der Waals surface area (Å²) in [7, 11) is 0. The van der Waals surface area contributed by atoms with E-state index in [1.54, 1.807) is 0 Å². The minimum Gasteiger partial charge on any atom is -0.550 e. The second-order valence-corrected chi connectivity index (χ2v) is 6.59. The molecule has 26 heavy (non-hydrogen) atoms. The number of nitrogens with two attached hydrogens (primary N) is 1. The van der Waals surface area contributed by atoms with Crippen molar-refractivity contribution in [3.8, 4) is 0 Å². The number of carbonyl (C=O) groups excluding carboxylic acids is 1. The lowest BCUT2D eigenvalue weighted by molar-refractivity contribution is -0.657. The molecule has 3 N–H and O–H groups in total. The fourth-order valence-electron chi connectivity index (χ4n) is 2.57. The first-order chi connectivity index (χ1) is 12.8. The van der Waals surface area contributed by atoms with Crippen LogP contribution in [0, 0.1) is 0 Å². The van der Waals surface area contributed by atoms with Crippen LogP contribution in [-0.2, 0) is 4.79 Å². The largest absolute Gasteiger partial charge is 0.550 e. The fraction of sp³-hybridized carbons (Fsp3) is 0.682. The number of hydrogen-bond donors (Lipinski definition) is 2. The molecule has 1 aliphatic rings. The molecular formula is C22H40N2O2. The first-order valence-corrected chi connectivity index (χ1v) is 10.4. The Kier molecular flexibility index (Phi) is 20.5. The van der Waals surface area contributed by atoms with Gasteiger partial charge in [-0.15, -0.1) is 0 Å². The molecule has 4 nitrogen and oxygen atoms in total. The number of carbonyl (C=O) groups is 1. The van der Waals surface area contributed by atoms with Crippen LogP contribution in [0.15, 0.2) is 36.5 Å². The van der Waals surface area contributed by atoms with E-state index in [1.807, 2.05) is 0 Å². The van der Waals surface area contributed by atoms with Gasteiger partial charge in [0.25, 0.3) is 0 Å². The first kappa shape index (κ1) is 24.6. The monoisotopic (exact) mass is 364 g/mol. The summed E-state index contributed by atoms with van der Waals surface area (Å²) < 4.78 is 0. The van der Waals surface area contributed by atoms with Gasteiger partial charge in [-0.2, -0.15) is 0 Å². The Labute approximate surface area is 160 Å². The number of nitrogens with one attached hydrogen (secondary N) is 1. The lowest BCUT2D eigenvalue weighted by Crippen LogP contribution is -2.89. The molecule has 1 heterocycles. The molecule has 150 valence electrons. The summed E-state index contributed by atoms with van der Waals surface area (Å²) in [5, 5.41) is 15.8. The third-order valence-electron chi connectivity index (χ3n) is 4.08. The summed E-state index contributed by atoms with van der Waals surface area (Å²) in [5.74, 6) is -0.925. The number of hydrogen-bond acceptors (Lipinski definition) is 3.